The maximum absolute atomic E-state index is 13.4. The third-order valence-electron chi connectivity index (χ3n) is 4.25. The van der Waals surface area contributed by atoms with Gasteiger partial charge in [-0.1, -0.05) is 11.6 Å². The van der Waals surface area contributed by atoms with Gasteiger partial charge >= 0.3 is 0 Å². The Morgan fingerprint density at radius 1 is 1.26 bits per heavy atom. The molecule has 0 amide bonds. The maximum Gasteiger partial charge on any atom is 0.142 e. The molecule has 0 saturated heterocycles. The minimum absolute atomic E-state index is 0.157. The molecule has 0 saturated carbocycles. The lowest BCUT2D eigenvalue weighted by Crippen LogP contribution is -2.20. The zero-order valence-electron chi connectivity index (χ0n) is 12.6. The van der Waals surface area contributed by atoms with Crippen LogP contribution in [0, 0.1) is 5.82 Å². The monoisotopic (exact) mass is 330 g/mol. The van der Waals surface area contributed by atoms with E-state index in [4.69, 9.17) is 16.3 Å². The van der Waals surface area contributed by atoms with Crippen LogP contribution in [0.25, 0.3) is 16.6 Å². The summed E-state index contributed by atoms with van der Waals surface area (Å²) in [5.74, 6) is 0.511. The molecular weight excluding hydrogens is 315 g/mol. The van der Waals surface area contributed by atoms with E-state index in [9.17, 15) is 4.39 Å². The molecule has 2 heterocycles. The number of fused-ring (bicyclic) bond motifs is 2. The highest BCUT2D eigenvalue weighted by Crippen LogP contribution is 2.37. The summed E-state index contributed by atoms with van der Waals surface area (Å²) in [6, 6.07) is 10.8. The van der Waals surface area contributed by atoms with Crippen molar-refractivity contribution in [2.45, 2.75) is 13.0 Å². The lowest BCUT2D eigenvalue weighted by atomic mass is 10.1. The summed E-state index contributed by atoms with van der Waals surface area (Å²) < 4.78 is 21.2. The molecular formula is C18H16ClFN2O. The van der Waals surface area contributed by atoms with E-state index in [2.05, 4.69) is 18.3 Å². The molecule has 1 N–H and O–H groups in total. The van der Waals surface area contributed by atoms with E-state index in [0.717, 1.165) is 34.4 Å². The van der Waals surface area contributed by atoms with Crippen LogP contribution in [0.2, 0.25) is 5.02 Å². The molecule has 118 valence electrons. The third kappa shape index (κ3) is 2.48. The Morgan fingerprint density at radius 3 is 3.00 bits per heavy atom. The SMILES string of the molecule is CC1NCCOc2c(Cl)cc(-n3ccc4cc(F)ccc43)cc21. The molecule has 1 aliphatic heterocycles. The van der Waals surface area contributed by atoms with Gasteiger partial charge in [0, 0.05) is 35.4 Å². The van der Waals surface area contributed by atoms with Crippen molar-refractivity contribution in [2.75, 3.05) is 13.2 Å². The first-order chi connectivity index (χ1) is 11.1. The van der Waals surface area contributed by atoms with E-state index in [0.29, 0.717) is 11.6 Å². The van der Waals surface area contributed by atoms with Crippen LogP contribution in [0.4, 0.5) is 4.39 Å². The van der Waals surface area contributed by atoms with Crippen molar-refractivity contribution in [3.05, 3.63) is 59.0 Å². The molecule has 2 aromatic carbocycles. The Balaban J connectivity index is 1.90. The Hall–Kier alpha value is -2.04. The van der Waals surface area contributed by atoms with Crippen molar-refractivity contribution in [1.82, 2.24) is 9.88 Å². The van der Waals surface area contributed by atoms with Gasteiger partial charge in [-0.25, -0.2) is 4.39 Å². The summed E-state index contributed by atoms with van der Waals surface area (Å²) >= 11 is 6.45. The van der Waals surface area contributed by atoms with Crippen molar-refractivity contribution in [3.8, 4) is 11.4 Å². The number of halogens is 2. The second-order valence-electron chi connectivity index (χ2n) is 5.76. The van der Waals surface area contributed by atoms with E-state index in [1.54, 1.807) is 6.07 Å². The Labute approximate surface area is 138 Å². The molecule has 23 heavy (non-hydrogen) atoms. The van der Waals surface area contributed by atoms with Gasteiger partial charge in [0.25, 0.3) is 0 Å². The van der Waals surface area contributed by atoms with Gasteiger partial charge in [-0.3, -0.25) is 0 Å². The summed E-state index contributed by atoms with van der Waals surface area (Å²) in [6.07, 6.45) is 1.93. The van der Waals surface area contributed by atoms with Crippen LogP contribution in [0.15, 0.2) is 42.6 Å². The van der Waals surface area contributed by atoms with Gasteiger partial charge in [0.15, 0.2) is 0 Å². The first kappa shape index (κ1) is 14.5. The van der Waals surface area contributed by atoms with E-state index in [-0.39, 0.29) is 11.9 Å². The summed E-state index contributed by atoms with van der Waals surface area (Å²) in [6.45, 7) is 3.48. The van der Waals surface area contributed by atoms with Crippen molar-refractivity contribution >= 4 is 22.5 Å². The normalized spacial score (nSPS) is 17.6. The van der Waals surface area contributed by atoms with Gasteiger partial charge in [-0.2, -0.15) is 0 Å². The Bertz CT molecular complexity index is 890. The van der Waals surface area contributed by atoms with Crippen LogP contribution in [0.5, 0.6) is 5.75 Å². The summed E-state index contributed by atoms with van der Waals surface area (Å²) in [5, 5.41) is 4.86. The van der Waals surface area contributed by atoms with Gasteiger partial charge in [-0.05, 0) is 43.3 Å². The molecule has 0 bridgehead atoms. The molecule has 1 unspecified atom stereocenters. The maximum atomic E-state index is 13.4. The Morgan fingerprint density at radius 2 is 2.13 bits per heavy atom. The average molecular weight is 331 g/mol. The van der Waals surface area contributed by atoms with E-state index >= 15 is 0 Å². The smallest absolute Gasteiger partial charge is 0.142 e. The number of aromatic nitrogens is 1. The fraction of sp³-hybridized carbons (Fsp3) is 0.222. The zero-order chi connectivity index (χ0) is 16.0. The molecule has 3 nitrogen and oxygen atoms in total. The largest absolute Gasteiger partial charge is 0.490 e. The first-order valence-corrected chi connectivity index (χ1v) is 7.98. The summed E-state index contributed by atoms with van der Waals surface area (Å²) in [4.78, 5) is 0. The van der Waals surface area contributed by atoms with Crippen molar-refractivity contribution in [1.29, 1.82) is 0 Å². The highest BCUT2D eigenvalue weighted by molar-refractivity contribution is 6.32. The number of ether oxygens (including phenoxy) is 1. The predicted octanol–water partition coefficient (Wildman–Crippen LogP) is 4.47. The molecule has 0 radical (unpaired) electrons. The second-order valence-corrected chi connectivity index (χ2v) is 6.17. The molecule has 1 aliphatic rings. The zero-order valence-corrected chi connectivity index (χ0v) is 13.4. The van der Waals surface area contributed by atoms with E-state index in [1.807, 2.05) is 22.9 Å². The van der Waals surface area contributed by atoms with Crippen molar-refractivity contribution in [3.63, 3.8) is 0 Å². The van der Waals surface area contributed by atoms with Crippen LogP contribution < -0.4 is 10.1 Å². The van der Waals surface area contributed by atoms with Gasteiger partial charge in [-0.15, -0.1) is 0 Å². The van der Waals surface area contributed by atoms with Crippen molar-refractivity contribution in [2.24, 2.45) is 0 Å². The van der Waals surface area contributed by atoms with E-state index < -0.39 is 0 Å². The molecule has 5 heteroatoms. The highest BCUT2D eigenvalue weighted by Gasteiger charge is 2.20. The van der Waals surface area contributed by atoms with Crippen LogP contribution in [0.1, 0.15) is 18.5 Å². The van der Waals surface area contributed by atoms with Gasteiger partial charge < -0.3 is 14.6 Å². The average Bonchev–Trinajstić information content (AvgIpc) is 2.85. The minimum atomic E-state index is -0.235. The van der Waals surface area contributed by atoms with Gasteiger partial charge in [0.05, 0.1) is 10.5 Å². The molecule has 1 atom stereocenters. The molecule has 1 aromatic heterocycles. The van der Waals surface area contributed by atoms with Crippen molar-refractivity contribution < 1.29 is 9.13 Å². The molecule has 4 rings (SSSR count). The first-order valence-electron chi connectivity index (χ1n) is 7.60. The number of nitrogens with zero attached hydrogens (tertiary/aromatic N) is 1. The molecule has 0 spiro atoms. The topological polar surface area (TPSA) is 26.2 Å². The molecule has 0 fully saturated rings. The standard InChI is InChI=1S/C18H16ClFN2O/c1-11-15-9-14(10-16(19)18(15)23-7-5-21-11)22-6-4-12-8-13(20)2-3-17(12)22/h2-4,6,8-11,21H,5,7H2,1H3. The van der Waals surface area contributed by atoms with Gasteiger partial charge in [0.1, 0.15) is 18.2 Å². The quantitative estimate of drug-likeness (QED) is 0.712. The number of hydrogen-bond acceptors (Lipinski definition) is 2. The second kappa shape index (κ2) is 5.55. The van der Waals surface area contributed by atoms with Crippen LogP contribution >= 0.6 is 11.6 Å². The van der Waals surface area contributed by atoms with Crippen LogP contribution in [-0.2, 0) is 0 Å². The number of hydrogen-bond donors (Lipinski definition) is 1. The van der Waals surface area contributed by atoms with Crippen LogP contribution in [0.3, 0.4) is 0 Å². The Kier molecular flexibility index (Phi) is 3.51. The van der Waals surface area contributed by atoms with Gasteiger partial charge in [0.2, 0.25) is 0 Å². The fourth-order valence-corrected chi connectivity index (χ4v) is 3.37. The number of nitrogens with one attached hydrogen (secondary N) is 1. The summed E-state index contributed by atoms with van der Waals surface area (Å²) in [5.41, 5.74) is 2.92. The lowest BCUT2D eigenvalue weighted by molar-refractivity contribution is 0.325. The lowest BCUT2D eigenvalue weighted by Gasteiger charge is -2.16. The van der Waals surface area contributed by atoms with Crippen LogP contribution in [-0.4, -0.2) is 17.7 Å². The predicted molar refractivity (Wildman–Crippen MR) is 90.2 cm³/mol. The fourth-order valence-electron chi connectivity index (χ4n) is 3.09. The molecule has 3 aromatic rings. The number of rotatable bonds is 1. The van der Waals surface area contributed by atoms with E-state index in [1.165, 1.54) is 12.1 Å². The highest BCUT2D eigenvalue weighted by atomic mass is 35.5. The minimum Gasteiger partial charge on any atom is -0.490 e. The summed E-state index contributed by atoms with van der Waals surface area (Å²) in [7, 11) is 0. The number of benzene rings is 2. The molecule has 0 aliphatic carbocycles. The third-order valence-corrected chi connectivity index (χ3v) is 4.53.